The highest BCUT2D eigenvalue weighted by atomic mass is 127. The van der Waals surface area contributed by atoms with E-state index in [-0.39, 0.29) is 29.9 Å². The van der Waals surface area contributed by atoms with Crippen molar-refractivity contribution in [2.45, 2.75) is 26.1 Å². The zero-order valence-electron chi connectivity index (χ0n) is 18.0. The van der Waals surface area contributed by atoms with Gasteiger partial charge in [0.15, 0.2) is 12.6 Å². The van der Waals surface area contributed by atoms with E-state index in [4.69, 9.17) is 0 Å². The fourth-order valence-corrected chi connectivity index (χ4v) is 2.82. The first-order valence-electron chi connectivity index (χ1n) is 10.2. The summed E-state index contributed by atoms with van der Waals surface area (Å²) in [5.41, 5.74) is 2.95. The first-order valence-corrected chi connectivity index (χ1v) is 10.2. The maximum Gasteiger partial charge on any atom is 0.422 e. The van der Waals surface area contributed by atoms with E-state index in [0.29, 0.717) is 25.6 Å². The number of halogens is 4. The van der Waals surface area contributed by atoms with E-state index >= 15 is 0 Å². The molecule has 11 heteroatoms. The quantitative estimate of drug-likeness (QED) is 0.229. The molecule has 3 aromatic rings. The third-order valence-electron chi connectivity index (χ3n) is 4.36. The molecule has 0 amide bonds. The number of alkyl halides is 3. The SMILES string of the molecule is CCNC(=NCc1ccc(OCC(F)(F)F)nc1)NCCc1ccc(-n2cccn2)cc1.I. The normalized spacial score (nSPS) is 11.6. The van der Waals surface area contributed by atoms with E-state index < -0.39 is 12.8 Å². The first-order chi connectivity index (χ1) is 15.4. The molecular weight excluding hydrogens is 548 g/mol. The number of benzene rings is 1. The molecule has 0 saturated carbocycles. The van der Waals surface area contributed by atoms with Crippen LogP contribution in [0.1, 0.15) is 18.1 Å². The second-order valence-corrected chi connectivity index (χ2v) is 6.90. The van der Waals surface area contributed by atoms with Gasteiger partial charge in [-0.05, 0) is 42.7 Å². The molecular formula is C22H26F3IN6O. The van der Waals surface area contributed by atoms with Crippen LogP contribution in [0.3, 0.4) is 0 Å². The summed E-state index contributed by atoms with van der Waals surface area (Å²) in [5, 5.41) is 10.7. The van der Waals surface area contributed by atoms with E-state index in [1.807, 2.05) is 36.0 Å². The molecule has 0 atom stereocenters. The Balaban J connectivity index is 0.00000385. The number of nitrogens with one attached hydrogen (secondary N) is 2. The van der Waals surface area contributed by atoms with E-state index in [2.05, 4.69) is 42.6 Å². The van der Waals surface area contributed by atoms with Crippen LogP contribution in [-0.2, 0) is 13.0 Å². The number of ether oxygens (including phenoxy) is 1. The van der Waals surface area contributed by atoms with Gasteiger partial charge in [-0.25, -0.2) is 14.7 Å². The van der Waals surface area contributed by atoms with Crippen LogP contribution in [0, 0.1) is 0 Å². The lowest BCUT2D eigenvalue weighted by atomic mass is 10.1. The van der Waals surface area contributed by atoms with Gasteiger partial charge in [0.25, 0.3) is 0 Å². The van der Waals surface area contributed by atoms with Gasteiger partial charge >= 0.3 is 6.18 Å². The Morgan fingerprint density at radius 2 is 1.85 bits per heavy atom. The van der Waals surface area contributed by atoms with Crippen molar-refractivity contribution in [3.8, 4) is 11.6 Å². The van der Waals surface area contributed by atoms with Crippen molar-refractivity contribution in [1.82, 2.24) is 25.4 Å². The van der Waals surface area contributed by atoms with E-state index in [9.17, 15) is 13.2 Å². The van der Waals surface area contributed by atoms with Crippen molar-refractivity contribution >= 4 is 29.9 Å². The van der Waals surface area contributed by atoms with E-state index in [0.717, 1.165) is 17.7 Å². The van der Waals surface area contributed by atoms with Crippen LogP contribution in [0.4, 0.5) is 13.2 Å². The molecule has 2 heterocycles. The zero-order chi connectivity index (χ0) is 22.8. The molecule has 0 spiro atoms. The van der Waals surface area contributed by atoms with E-state index in [1.165, 1.54) is 17.8 Å². The van der Waals surface area contributed by atoms with Gasteiger partial charge in [-0.1, -0.05) is 18.2 Å². The minimum Gasteiger partial charge on any atom is -0.468 e. The van der Waals surface area contributed by atoms with Gasteiger partial charge in [-0.3, -0.25) is 0 Å². The summed E-state index contributed by atoms with van der Waals surface area (Å²) < 4.78 is 43.0. The third-order valence-corrected chi connectivity index (χ3v) is 4.36. The molecule has 0 aliphatic heterocycles. The van der Waals surface area contributed by atoms with Crippen molar-refractivity contribution < 1.29 is 17.9 Å². The average molecular weight is 574 g/mol. The maximum absolute atomic E-state index is 12.2. The molecule has 0 unspecified atom stereocenters. The first kappa shape index (κ1) is 26.4. The number of rotatable bonds is 9. The molecule has 0 bridgehead atoms. The monoisotopic (exact) mass is 574 g/mol. The molecule has 7 nitrogen and oxygen atoms in total. The number of aliphatic imine (C=N–C) groups is 1. The van der Waals surface area contributed by atoms with Crippen LogP contribution >= 0.6 is 24.0 Å². The van der Waals surface area contributed by atoms with Crippen molar-refractivity contribution in [3.05, 3.63) is 72.2 Å². The predicted molar refractivity (Wildman–Crippen MR) is 131 cm³/mol. The van der Waals surface area contributed by atoms with Crippen LogP contribution < -0.4 is 15.4 Å². The Bertz CT molecular complexity index is 977. The zero-order valence-corrected chi connectivity index (χ0v) is 20.4. The molecule has 2 N–H and O–H groups in total. The third kappa shape index (κ3) is 9.28. The Kier molecular flexibility index (Phi) is 10.4. The summed E-state index contributed by atoms with van der Waals surface area (Å²) in [7, 11) is 0. The summed E-state index contributed by atoms with van der Waals surface area (Å²) in [5.74, 6) is 0.580. The van der Waals surface area contributed by atoms with Crippen LogP contribution in [0.2, 0.25) is 0 Å². The fourth-order valence-electron chi connectivity index (χ4n) is 2.82. The van der Waals surface area contributed by atoms with Gasteiger partial charge in [0, 0.05) is 37.7 Å². The molecule has 3 rings (SSSR count). The Hall–Kier alpha value is -2.83. The van der Waals surface area contributed by atoms with Crippen LogP contribution in [0.25, 0.3) is 5.69 Å². The minimum atomic E-state index is -4.39. The smallest absolute Gasteiger partial charge is 0.422 e. The molecule has 33 heavy (non-hydrogen) atoms. The fraction of sp³-hybridized carbons (Fsp3) is 0.318. The topological polar surface area (TPSA) is 76.4 Å². The molecule has 0 aliphatic rings. The number of guanidine groups is 1. The average Bonchev–Trinajstić information content (AvgIpc) is 3.32. The van der Waals surface area contributed by atoms with Crippen LogP contribution in [0.5, 0.6) is 5.88 Å². The minimum absolute atomic E-state index is 0. The number of aromatic nitrogens is 3. The highest BCUT2D eigenvalue weighted by Crippen LogP contribution is 2.17. The standard InChI is InChI=1S/C22H25F3N6O.HI/c1-2-26-21(29-15-18-6-9-20(28-14-18)32-16-22(23,24)25)27-12-10-17-4-7-19(8-5-17)31-13-3-11-30-31;/h3-9,11,13-14H,2,10,12,15-16H2,1H3,(H2,26,27,29);1H. The highest BCUT2D eigenvalue weighted by Gasteiger charge is 2.28. The van der Waals surface area contributed by atoms with Crippen molar-refractivity contribution in [3.63, 3.8) is 0 Å². The molecule has 0 radical (unpaired) electrons. The lowest BCUT2D eigenvalue weighted by molar-refractivity contribution is -0.154. The molecule has 178 valence electrons. The van der Waals surface area contributed by atoms with Gasteiger partial charge < -0.3 is 15.4 Å². The lowest BCUT2D eigenvalue weighted by Gasteiger charge is -2.12. The summed E-state index contributed by atoms with van der Waals surface area (Å²) in [4.78, 5) is 8.39. The maximum atomic E-state index is 12.2. The molecule has 1 aromatic carbocycles. The van der Waals surface area contributed by atoms with Crippen LogP contribution in [-0.4, -0.2) is 46.6 Å². The Morgan fingerprint density at radius 1 is 1.09 bits per heavy atom. The van der Waals surface area contributed by atoms with Crippen molar-refractivity contribution in [1.29, 1.82) is 0 Å². The van der Waals surface area contributed by atoms with E-state index in [1.54, 1.807) is 12.3 Å². The second kappa shape index (κ2) is 13.0. The second-order valence-electron chi connectivity index (χ2n) is 6.90. The molecule has 0 fully saturated rings. The number of nitrogens with zero attached hydrogens (tertiary/aromatic N) is 4. The molecule has 0 aliphatic carbocycles. The number of hydrogen-bond acceptors (Lipinski definition) is 4. The Morgan fingerprint density at radius 3 is 2.45 bits per heavy atom. The van der Waals surface area contributed by atoms with Gasteiger partial charge in [-0.15, -0.1) is 24.0 Å². The number of pyridine rings is 1. The van der Waals surface area contributed by atoms with Crippen molar-refractivity contribution in [2.24, 2.45) is 4.99 Å². The summed E-state index contributed by atoms with van der Waals surface area (Å²) in [6.07, 6.45) is 1.52. The molecule has 2 aromatic heterocycles. The summed E-state index contributed by atoms with van der Waals surface area (Å²) >= 11 is 0. The van der Waals surface area contributed by atoms with Gasteiger partial charge in [0.05, 0.1) is 12.2 Å². The van der Waals surface area contributed by atoms with Gasteiger partial charge in [-0.2, -0.15) is 18.3 Å². The number of hydrogen-bond donors (Lipinski definition) is 2. The lowest BCUT2D eigenvalue weighted by Crippen LogP contribution is -2.38. The Labute approximate surface area is 207 Å². The van der Waals surface area contributed by atoms with Crippen LogP contribution in [0.15, 0.2) is 66.0 Å². The summed E-state index contributed by atoms with van der Waals surface area (Å²) in [6, 6.07) is 13.1. The highest BCUT2D eigenvalue weighted by molar-refractivity contribution is 14.0. The van der Waals surface area contributed by atoms with Gasteiger partial charge in [0.2, 0.25) is 5.88 Å². The van der Waals surface area contributed by atoms with Crippen molar-refractivity contribution in [2.75, 3.05) is 19.7 Å². The molecule has 0 saturated heterocycles. The summed E-state index contributed by atoms with van der Waals surface area (Å²) in [6.45, 7) is 2.33. The largest absolute Gasteiger partial charge is 0.468 e. The van der Waals surface area contributed by atoms with Gasteiger partial charge in [0.1, 0.15) is 0 Å². The predicted octanol–water partition coefficient (Wildman–Crippen LogP) is 4.12.